The number of fused-ring (bicyclic) bond motifs is 1. The first-order valence-electron chi connectivity index (χ1n) is 11.3. The maximum atomic E-state index is 14.0. The van der Waals surface area contributed by atoms with Crippen molar-refractivity contribution in [1.82, 2.24) is 15.4 Å². The third-order valence-electron chi connectivity index (χ3n) is 5.44. The van der Waals surface area contributed by atoms with Crippen molar-refractivity contribution in [1.29, 1.82) is 0 Å². The molecule has 11 heteroatoms. The number of hydrazine groups is 1. The Morgan fingerprint density at radius 1 is 1.11 bits per heavy atom. The molecule has 8 nitrogen and oxygen atoms in total. The fraction of sp³-hybridized carbons (Fsp3) is 0.320. The Hall–Kier alpha value is -3.70. The van der Waals surface area contributed by atoms with Crippen LogP contribution in [0.3, 0.4) is 0 Å². The largest absolute Gasteiger partial charge is 0.447 e. The standard InChI is InChI=1S/C25H27F3N4O4/c1-16(34)32(30-14-18-5-4-7-22(27)24(18)28)21(6-2-3-10-33)15-36-25(35)31-23-12-19-11-20(26)9-8-17(19)13-29-23/h4-5,7-9,11-13,21,30,33H,2-3,6,10,14-15H2,1H3,(H,29,31,35)/t21-/m0/s1. The van der Waals surface area contributed by atoms with Crippen LogP contribution < -0.4 is 10.7 Å². The van der Waals surface area contributed by atoms with Gasteiger partial charge in [-0.3, -0.25) is 15.1 Å². The molecule has 0 radical (unpaired) electrons. The van der Waals surface area contributed by atoms with Crippen molar-refractivity contribution in [3.63, 3.8) is 0 Å². The van der Waals surface area contributed by atoms with E-state index in [0.717, 1.165) is 6.07 Å². The lowest BCUT2D eigenvalue weighted by atomic mass is 10.1. The number of hydrogen-bond acceptors (Lipinski definition) is 6. The highest BCUT2D eigenvalue weighted by atomic mass is 19.2. The first kappa shape index (κ1) is 26.9. The molecule has 192 valence electrons. The predicted molar refractivity (Wildman–Crippen MR) is 127 cm³/mol. The zero-order chi connectivity index (χ0) is 26.1. The molecule has 3 N–H and O–H groups in total. The fourth-order valence-electron chi connectivity index (χ4n) is 3.62. The lowest BCUT2D eigenvalue weighted by Crippen LogP contribution is -2.50. The number of aliphatic hydroxyl groups excluding tert-OH is 1. The molecule has 0 bridgehead atoms. The van der Waals surface area contributed by atoms with Crippen LogP contribution in [0.15, 0.2) is 48.7 Å². The Morgan fingerprint density at radius 2 is 1.92 bits per heavy atom. The molecular formula is C25H27F3N4O4. The molecular weight excluding hydrogens is 477 g/mol. The molecule has 3 rings (SSSR count). The van der Waals surface area contributed by atoms with Crippen molar-refractivity contribution in [2.24, 2.45) is 0 Å². The number of carbonyl (C=O) groups is 2. The van der Waals surface area contributed by atoms with Crippen molar-refractivity contribution < 1.29 is 32.6 Å². The third-order valence-corrected chi connectivity index (χ3v) is 5.44. The highest BCUT2D eigenvalue weighted by molar-refractivity contribution is 5.89. The Bertz CT molecular complexity index is 1210. The number of nitrogens with zero attached hydrogens (tertiary/aromatic N) is 2. The van der Waals surface area contributed by atoms with Crippen LogP contribution in [0.2, 0.25) is 0 Å². The Balaban J connectivity index is 1.66. The van der Waals surface area contributed by atoms with Gasteiger partial charge in [0, 0.05) is 37.2 Å². The summed E-state index contributed by atoms with van der Waals surface area (Å²) in [5, 5.41) is 14.0. The second kappa shape index (κ2) is 12.8. The average molecular weight is 505 g/mol. The molecule has 0 fully saturated rings. The summed E-state index contributed by atoms with van der Waals surface area (Å²) in [4.78, 5) is 28.8. The van der Waals surface area contributed by atoms with E-state index in [4.69, 9.17) is 9.84 Å². The average Bonchev–Trinajstić information content (AvgIpc) is 2.84. The molecule has 0 unspecified atom stereocenters. The summed E-state index contributed by atoms with van der Waals surface area (Å²) in [5.41, 5.74) is 2.81. The van der Waals surface area contributed by atoms with E-state index < -0.39 is 35.5 Å². The van der Waals surface area contributed by atoms with E-state index in [1.807, 2.05) is 0 Å². The lowest BCUT2D eigenvalue weighted by molar-refractivity contribution is -0.136. The molecule has 1 aromatic heterocycles. The zero-order valence-corrected chi connectivity index (χ0v) is 19.6. The number of ether oxygens (including phenoxy) is 1. The van der Waals surface area contributed by atoms with Crippen LogP contribution in [-0.2, 0) is 16.1 Å². The van der Waals surface area contributed by atoms with Crippen molar-refractivity contribution >= 4 is 28.6 Å². The number of nitrogens with one attached hydrogen (secondary N) is 2. The van der Waals surface area contributed by atoms with Crippen molar-refractivity contribution in [2.45, 2.75) is 38.8 Å². The first-order valence-corrected chi connectivity index (χ1v) is 11.3. The summed E-state index contributed by atoms with van der Waals surface area (Å²) >= 11 is 0. The number of halogens is 3. The number of hydrogen-bond donors (Lipinski definition) is 3. The molecule has 0 saturated carbocycles. The van der Waals surface area contributed by atoms with E-state index in [1.54, 1.807) is 6.07 Å². The number of unbranched alkanes of at least 4 members (excludes halogenated alkanes) is 1. The van der Waals surface area contributed by atoms with Gasteiger partial charge in [0.15, 0.2) is 11.6 Å². The number of pyridine rings is 1. The minimum absolute atomic E-state index is 0.0211. The number of aliphatic hydroxyl groups is 1. The van der Waals surface area contributed by atoms with Crippen molar-refractivity contribution in [3.8, 4) is 0 Å². The van der Waals surface area contributed by atoms with Crippen LogP contribution in [0.4, 0.5) is 23.8 Å². The summed E-state index contributed by atoms with van der Waals surface area (Å²) < 4.78 is 46.4. The van der Waals surface area contributed by atoms with Gasteiger partial charge in [-0.2, -0.15) is 0 Å². The Kier molecular flexibility index (Phi) is 9.60. The minimum Gasteiger partial charge on any atom is -0.447 e. The molecule has 36 heavy (non-hydrogen) atoms. The van der Waals surface area contributed by atoms with Gasteiger partial charge in [0.1, 0.15) is 18.2 Å². The van der Waals surface area contributed by atoms with E-state index in [9.17, 15) is 22.8 Å². The topological polar surface area (TPSA) is 104 Å². The Labute approximate surface area is 206 Å². The summed E-state index contributed by atoms with van der Waals surface area (Å²) in [7, 11) is 0. The van der Waals surface area contributed by atoms with Gasteiger partial charge >= 0.3 is 6.09 Å². The molecule has 0 aliphatic carbocycles. The van der Waals surface area contributed by atoms with Gasteiger partial charge in [-0.1, -0.05) is 12.1 Å². The molecule has 0 aliphatic heterocycles. The summed E-state index contributed by atoms with van der Waals surface area (Å²) in [6.07, 6.45) is 1.98. The van der Waals surface area contributed by atoms with Gasteiger partial charge in [-0.25, -0.2) is 28.4 Å². The van der Waals surface area contributed by atoms with Gasteiger partial charge in [-0.15, -0.1) is 0 Å². The van der Waals surface area contributed by atoms with Gasteiger partial charge < -0.3 is 9.84 Å². The van der Waals surface area contributed by atoms with E-state index in [0.29, 0.717) is 30.0 Å². The fourth-order valence-corrected chi connectivity index (χ4v) is 3.62. The molecule has 2 aromatic carbocycles. The van der Waals surface area contributed by atoms with Crippen LogP contribution in [0.1, 0.15) is 31.7 Å². The summed E-state index contributed by atoms with van der Waals surface area (Å²) in [5.74, 6) is -2.74. The summed E-state index contributed by atoms with van der Waals surface area (Å²) in [6, 6.07) is 8.75. The number of aromatic nitrogens is 1. The van der Waals surface area contributed by atoms with Crippen LogP contribution in [-0.4, -0.2) is 46.4 Å². The van der Waals surface area contributed by atoms with Gasteiger partial charge in [-0.05, 0) is 55.0 Å². The molecule has 0 saturated heterocycles. The predicted octanol–water partition coefficient (Wildman–Crippen LogP) is 4.29. The first-order chi connectivity index (χ1) is 17.3. The SMILES string of the molecule is CC(=O)N(NCc1cccc(F)c1F)[C@@H](CCCCO)COC(=O)Nc1cc2cc(F)ccc2cn1. The number of benzene rings is 2. The quantitative estimate of drug-likeness (QED) is 0.266. The van der Waals surface area contributed by atoms with Crippen molar-refractivity contribution in [3.05, 3.63) is 71.7 Å². The van der Waals surface area contributed by atoms with E-state index in [1.165, 1.54) is 48.5 Å². The van der Waals surface area contributed by atoms with Crippen LogP contribution in [0.25, 0.3) is 10.8 Å². The molecule has 0 aliphatic rings. The van der Waals surface area contributed by atoms with Crippen LogP contribution in [0.5, 0.6) is 0 Å². The zero-order valence-electron chi connectivity index (χ0n) is 19.6. The van der Waals surface area contributed by atoms with E-state index >= 15 is 0 Å². The van der Waals surface area contributed by atoms with Crippen molar-refractivity contribution in [2.75, 3.05) is 18.5 Å². The lowest BCUT2D eigenvalue weighted by Gasteiger charge is -2.31. The number of amides is 2. The van der Waals surface area contributed by atoms with Gasteiger partial charge in [0.2, 0.25) is 5.91 Å². The second-order valence-corrected chi connectivity index (χ2v) is 8.09. The van der Waals surface area contributed by atoms with Gasteiger partial charge in [0.05, 0.1) is 6.04 Å². The normalized spacial score (nSPS) is 11.8. The Morgan fingerprint density at radius 3 is 2.67 bits per heavy atom. The monoisotopic (exact) mass is 504 g/mol. The maximum Gasteiger partial charge on any atom is 0.412 e. The molecule has 0 spiro atoms. The minimum atomic E-state index is -1.02. The van der Waals surface area contributed by atoms with E-state index in [-0.39, 0.29) is 31.1 Å². The van der Waals surface area contributed by atoms with Crippen LogP contribution in [0, 0.1) is 17.5 Å². The molecule has 1 heterocycles. The number of rotatable bonds is 11. The molecule has 2 amide bonds. The van der Waals surface area contributed by atoms with Crippen LogP contribution >= 0.6 is 0 Å². The number of anilines is 1. The summed E-state index contributed by atoms with van der Waals surface area (Å²) in [6.45, 7) is 0.831. The molecule has 1 atom stereocenters. The smallest absolute Gasteiger partial charge is 0.412 e. The highest BCUT2D eigenvalue weighted by Crippen LogP contribution is 2.18. The number of carbonyl (C=O) groups excluding carboxylic acids is 2. The maximum absolute atomic E-state index is 14.0. The van der Waals surface area contributed by atoms with Gasteiger partial charge in [0.25, 0.3) is 0 Å². The third kappa shape index (κ3) is 7.40. The van der Waals surface area contributed by atoms with E-state index in [2.05, 4.69) is 15.7 Å². The molecule has 3 aromatic rings. The second-order valence-electron chi connectivity index (χ2n) is 8.09. The highest BCUT2D eigenvalue weighted by Gasteiger charge is 2.23.